The third-order valence-electron chi connectivity index (χ3n) is 5.03. The number of carbonyl (C=O) groups excluding carboxylic acids is 2. The Morgan fingerprint density at radius 2 is 1.61 bits per heavy atom. The van der Waals surface area contributed by atoms with Gasteiger partial charge in [-0.2, -0.15) is 0 Å². The van der Waals surface area contributed by atoms with E-state index in [1.165, 1.54) is 11.6 Å². The van der Waals surface area contributed by atoms with Crippen molar-refractivity contribution in [2.75, 3.05) is 26.1 Å². The van der Waals surface area contributed by atoms with Crippen molar-refractivity contribution in [2.45, 2.75) is 12.8 Å². The molecule has 0 aliphatic rings. The molecular weight excluding hydrogens is 416 g/mol. The van der Waals surface area contributed by atoms with Crippen LogP contribution in [0.1, 0.15) is 27.9 Å². The molecule has 0 fully saturated rings. The molecule has 0 aromatic heterocycles. The van der Waals surface area contributed by atoms with Gasteiger partial charge in [0, 0.05) is 12.6 Å². The Kier molecular flexibility index (Phi) is 8.65. The van der Waals surface area contributed by atoms with Crippen LogP contribution in [0.5, 0.6) is 11.5 Å². The molecule has 170 valence electrons. The summed E-state index contributed by atoms with van der Waals surface area (Å²) < 4.78 is 10.5. The molecule has 0 aliphatic carbocycles. The number of amides is 2. The van der Waals surface area contributed by atoms with Crippen LogP contribution in [0.4, 0.5) is 5.69 Å². The monoisotopic (exact) mass is 444 g/mol. The summed E-state index contributed by atoms with van der Waals surface area (Å²) in [5.41, 5.74) is 2.90. The fourth-order valence-electron chi connectivity index (χ4n) is 3.33. The molecule has 0 aliphatic heterocycles. The van der Waals surface area contributed by atoms with E-state index in [-0.39, 0.29) is 11.8 Å². The van der Waals surface area contributed by atoms with Crippen molar-refractivity contribution in [3.63, 3.8) is 0 Å². The lowest BCUT2D eigenvalue weighted by Crippen LogP contribution is -2.26. The van der Waals surface area contributed by atoms with Crippen molar-refractivity contribution in [3.05, 3.63) is 95.6 Å². The van der Waals surface area contributed by atoms with E-state index in [0.717, 1.165) is 18.4 Å². The highest BCUT2D eigenvalue weighted by molar-refractivity contribution is 6.07. The topological polar surface area (TPSA) is 76.7 Å². The Labute approximate surface area is 194 Å². The van der Waals surface area contributed by atoms with Gasteiger partial charge in [-0.15, -0.1) is 0 Å². The molecule has 0 saturated heterocycles. The second kappa shape index (κ2) is 12.1. The van der Waals surface area contributed by atoms with Crippen LogP contribution in [0.15, 0.2) is 78.9 Å². The number of para-hydroxylation sites is 1. The largest absolute Gasteiger partial charge is 0.493 e. The number of nitrogens with one attached hydrogen (secondary N) is 2. The molecule has 3 rings (SSSR count). The van der Waals surface area contributed by atoms with Crippen LogP contribution < -0.4 is 20.1 Å². The number of methoxy groups -OCH3 is 2. The van der Waals surface area contributed by atoms with Crippen molar-refractivity contribution in [2.24, 2.45) is 0 Å². The smallest absolute Gasteiger partial charge is 0.253 e. The number of hydrogen-bond donors (Lipinski definition) is 2. The van der Waals surface area contributed by atoms with E-state index in [9.17, 15) is 9.59 Å². The van der Waals surface area contributed by atoms with Crippen LogP contribution in [-0.4, -0.2) is 32.6 Å². The number of benzene rings is 3. The highest BCUT2D eigenvalue weighted by Crippen LogP contribution is 2.28. The molecule has 0 atom stereocenters. The first kappa shape index (κ1) is 23.6. The van der Waals surface area contributed by atoms with E-state index in [0.29, 0.717) is 29.3 Å². The second-order valence-corrected chi connectivity index (χ2v) is 7.33. The van der Waals surface area contributed by atoms with Gasteiger partial charge in [0.2, 0.25) is 5.91 Å². The van der Waals surface area contributed by atoms with E-state index in [2.05, 4.69) is 22.8 Å². The van der Waals surface area contributed by atoms with Gasteiger partial charge in [-0.3, -0.25) is 9.59 Å². The molecule has 0 saturated carbocycles. The average molecular weight is 445 g/mol. The zero-order valence-corrected chi connectivity index (χ0v) is 18.8. The zero-order valence-electron chi connectivity index (χ0n) is 18.8. The average Bonchev–Trinajstić information content (AvgIpc) is 2.86. The van der Waals surface area contributed by atoms with Gasteiger partial charge in [0.1, 0.15) is 0 Å². The maximum Gasteiger partial charge on any atom is 0.253 e. The maximum absolute atomic E-state index is 12.7. The van der Waals surface area contributed by atoms with Gasteiger partial charge in [-0.05, 0) is 54.3 Å². The molecule has 3 aromatic carbocycles. The van der Waals surface area contributed by atoms with Crippen molar-refractivity contribution in [1.82, 2.24) is 5.32 Å². The summed E-state index contributed by atoms with van der Waals surface area (Å²) in [6.07, 6.45) is 4.80. The lowest BCUT2D eigenvalue weighted by molar-refractivity contribution is -0.111. The number of ether oxygens (including phenoxy) is 2. The van der Waals surface area contributed by atoms with Gasteiger partial charge >= 0.3 is 0 Å². The Balaban J connectivity index is 1.57. The lowest BCUT2D eigenvalue weighted by atomic mass is 10.1. The highest BCUT2D eigenvalue weighted by Gasteiger charge is 2.12. The number of hydrogen-bond acceptors (Lipinski definition) is 4. The van der Waals surface area contributed by atoms with Crippen LogP contribution in [0.3, 0.4) is 0 Å². The van der Waals surface area contributed by atoms with Crippen molar-refractivity contribution in [3.8, 4) is 11.5 Å². The second-order valence-electron chi connectivity index (χ2n) is 7.33. The normalized spacial score (nSPS) is 10.6. The molecule has 6 nitrogen and oxygen atoms in total. The van der Waals surface area contributed by atoms with Crippen LogP contribution in [0.25, 0.3) is 6.08 Å². The molecule has 2 N–H and O–H groups in total. The molecule has 3 aromatic rings. The van der Waals surface area contributed by atoms with Gasteiger partial charge in [0.05, 0.1) is 25.5 Å². The van der Waals surface area contributed by atoms with Crippen LogP contribution >= 0.6 is 0 Å². The number of carbonyl (C=O) groups is 2. The van der Waals surface area contributed by atoms with Gasteiger partial charge in [0.15, 0.2) is 11.5 Å². The summed E-state index contributed by atoms with van der Waals surface area (Å²) in [6, 6.07) is 22.5. The van der Waals surface area contributed by atoms with Crippen LogP contribution in [0.2, 0.25) is 0 Å². The first-order valence-electron chi connectivity index (χ1n) is 10.7. The van der Waals surface area contributed by atoms with Crippen molar-refractivity contribution < 1.29 is 19.1 Å². The van der Waals surface area contributed by atoms with Gasteiger partial charge < -0.3 is 20.1 Å². The first-order chi connectivity index (χ1) is 16.1. The third-order valence-corrected chi connectivity index (χ3v) is 5.03. The summed E-state index contributed by atoms with van der Waals surface area (Å²) in [5, 5.41) is 5.72. The molecule has 33 heavy (non-hydrogen) atoms. The van der Waals surface area contributed by atoms with E-state index in [1.54, 1.807) is 56.7 Å². The summed E-state index contributed by atoms with van der Waals surface area (Å²) in [5.74, 6) is 0.633. The molecule has 0 heterocycles. The molecule has 0 bridgehead atoms. The zero-order chi connectivity index (χ0) is 23.5. The quantitative estimate of drug-likeness (QED) is 0.350. The van der Waals surface area contributed by atoms with Crippen LogP contribution in [0, 0.1) is 0 Å². The summed E-state index contributed by atoms with van der Waals surface area (Å²) >= 11 is 0. The van der Waals surface area contributed by atoms with Gasteiger partial charge in [-0.25, -0.2) is 0 Å². The van der Waals surface area contributed by atoms with E-state index >= 15 is 0 Å². The minimum absolute atomic E-state index is 0.220. The number of anilines is 1. The molecule has 0 radical (unpaired) electrons. The molecular formula is C27H28N2O4. The SMILES string of the molecule is COc1ccc(/C=C/C(=O)Nc2ccccc2C(=O)NCCCc2ccccc2)cc1OC. The van der Waals surface area contributed by atoms with E-state index in [1.807, 2.05) is 24.3 Å². The molecule has 6 heteroatoms. The summed E-state index contributed by atoms with van der Waals surface area (Å²) in [4.78, 5) is 25.1. The van der Waals surface area contributed by atoms with Crippen LogP contribution in [-0.2, 0) is 11.2 Å². The van der Waals surface area contributed by atoms with E-state index in [4.69, 9.17) is 9.47 Å². The molecule has 0 unspecified atom stereocenters. The summed E-state index contributed by atoms with van der Waals surface area (Å²) in [6.45, 7) is 0.551. The standard InChI is InChI=1S/C27H28N2O4/c1-32-24-16-14-21(19-25(24)33-2)15-17-26(30)29-23-13-7-6-12-22(23)27(31)28-18-8-11-20-9-4-3-5-10-20/h3-7,9-10,12-17,19H,8,11,18H2,1-2H3,(H,28,31)(H,29,30)/b17-15+. The van der Waals surface area contributed by atoms with E-state index < -0.39 is 0 Å². The third kappa shape index (κ3) is 6.97. The number of aryl methyl sites for hydroxylation is 1. The number of rotatable bonds is 10. The molecule has 0 spiro atoms. The predicted octanol–water partition coefficient (Wildman–Crippen LogP) is 4.72. The minimum atomic E-state index is -0.339. The fourth-order valence-corrected chi connectivity index (χ4v) is 3.33. The predicted molar refractivity (Wildman–Crippen MR) is 131 cm³/mol. The summed E-state index contributed by atoms with van der Waals surface area (Å²) in [7, 11) is 3.12. The fraction of sp³-hybridized carbons (Fsp3) is 0.185. The Morgan fingerprint density at radius 1 is 0.879 bits per heavy atom. The van der Waals surface area contributed by atoms with Gasteiger partial charge in [-0.1, -0.05) is 48.5 Å². The van der Waals surface area contributed by atoms with Crippen molar-refractivity contribution in [1.29, 1.82) is 0 Å². The lowest BCUT2D eigenvalue weighted by Gasteiger charge is -2.11. The first-order valence-corrected chi connectivity index (χ1v) is 10.7. The Bertz CT molecular complexity index is 1110. The molecule has 2 amide bonds. The maximum atomic E-state index is 12.7. The Morgan fingerprint density at radius 3 is 2.36 bits per heavy atom. The van der Waals surface area contributed by atoms with Gasteiger partial charge in [0.25, 0.3) is 5.91 Å². The minimum Gasteiger partial charge on any atom is -0.493 e. The highest BCUT2D eigenvalue weighted by atomic mass is 16.5. The van der Waals surface area contributed by atoms with Crippen molar-refractivity contribution >= 4 is 23.6 Å². The Hall–Kier alpha value is -4.06.